The van der Waals surface area contributed by atoms with Gasteiger partial charge in [0, 0.05) is 28.3 Å². The van der Waals surface area contributed by atoms with E-state index < -0.39 is 0 Å². The maximum Gasteiger partial charge on any atom is 0.0725 e. The van der Waals surface area contributed by atoms with E-state index >= 15 is 0 Å². The molecule has 0 amide bonds. The summed E-state index contributed by atoms with van der Waals surface area (Å²) in [6.45, 7) is 14.3. The van der Waals surface area contributed by atoms with Crippen molar-refractivity contribution in [3.05, 3.63) is 238 Å². The molecule has 4 aliphatic rings. The van der Waals surface area contributed by atoms with Crippen LogP contribution in [0.4, 0.5) is 11.4 Å². The number of aryl methyl sites for hydroxylation is 1. The van der Waals surface area contributed by atoms with Crippen LogP contribution in [0.15, 0.2) is 199 Å². The molecule has 0 fully saturated rings. The normalized spacial score (nSPS) is 16.8. The van der Waals surface area contributed by atoms with Gasteiger partial charge in [0.2, 0.25) is 0 Å². The lowest BCUT2D eigenvalue weighted by Gasteiger charge is -2.31. The summed E-state index contributed by atoms with van der Waals surface area (Å²) in [6, 6.07) is 66.0. The number of benzene rings is 8. The van der Waals surface area contributed by atoms with Gasteiger partial charge in [-0.25, -0.2) is 0 Å². The molecular formula is C63H53N. The topological polar surface area (TPSA) is 12.0 Å². The van der Waals surface area contributed by atoms with E-state index in [1.165, 1.54) is 106 Å². The number of hydrogen-bond donors (Lipinski definition) is 1. The van der Waals surface area contributed by atoms with Gasteiger partial charge in [-0.15, -0.1) is 0 Å². The van der Waals surface area contributed by atoms with E-state index in [0.717, 1.165) is 17.8 Å². The van der Waals surface area contributed by atoms with Crippen molar-refractivity contribution in [1.29, 1.82) is 0 Å². The van der Waals surface area contributed by atoms with Crippen LogP contribution in [0.2, 0.25) is 0 Å². The number of para-hydroxylation sites is 1. The van der Waals surface area contributed by atoms with Crippen LogP contribution in [-0.4, -0.2) is 0 Å². The summed E-state index contributed by atoms with van der Waals surface area (Å²) in [5.41, 5.74) is 27.4. The number of fused-ring (bicyclic) bond motifs is 13. The molecule has 0 saturated carbocycles. The zero-order chi connectivity index (χ0) is 43.5. The van der Waals surface area contributed by atoms with Crippen LogP contribution in [0.5, 0.6) is 0 Å². The standard InChI is InChI=1S/C63H53N/c1-39-34-57-51(47-22-12-16-26-55(47)63(57)53-24-14-10-20-45(53)46-21-11-15-25-54(46)63)38-50(39)42-35-52(60-49-33-30-43(61(2,3)4)37-56(49)62(5,6)58(60)36-42)48-23-13-17-27-59(48)64-44-31-28-41(29-32-44)40-18-8-7-9-19-40/h7-32,34-38,49,64H,33H2,1-6H3. The van der Waals surface area contributed by atoms with Crippen molar-refractivity contribution in [3.8, 4) is 55.6 Å². The van der Waals surface area contributed by atoms with Crippen molar-refractivity contribution in [2.45, 2.75) is 64.7 Å². The van der Waals surface area contributed by atoms with Gasteiger partial charge in [-0.2, -0.15) is 0 Å². The van der Waals surface area contributed by atoms with Gasteiger partial charge in [0.15, 0.2) is 0 Å². The van der Waals surface area contributed by atoms with Gasteiger partial charge in [0.25, 0.3) is 0 Å². The Morgan fingerprint density at radius 1 is 0.484 bits per heavy atom. The minimum atomic E-state index is -0.364. The largest absolute Gasteiger partial charge is 0.355 e. The first-order valence-electron chi connectivity index (χ1n) is 23.1. The molecule has 1 nitrogen and oxygen atoms in total. The summed E-state index contributed by atoms with van der Waals surface area (Å²) in [7, 11) is 0. The van der Waals surface area contributed by atoms with Gasteiger partial charge in [0.1, 0.15) is 0 Å². The van der Waals surface area contributed by atoms with E-state index in [1.807, 2.05) is 0 Å². The number of nitrogens with one attached hydrogen (secondary N) is 1. The molecule has 310 valence electrons. The number of anilines is 2. The summed E-state index contributed by atoms with van der Waals surface area (Å²) < 4.78 is 0. The minimum absolute atomic E-state index is 0.0823. The SMILES string of the molecule is Cc1cc2c(cc1-c1cc(-c3ccccc3Nc3ccc(-c4ccccc4)cc3)c3c(c1)C(C)(C)C1=CC(C(C)(C)C)=CCC13)-c1ccccc1C21c2ccccc2-c2ccccc21. The highest BCUT2D eigenvalue weighted by atomic mass is 14.9. The molecule has 8 aromatic rings. The number of allylic oxidation sites excluding steroid dienone is 4. The van der Waals surface area contributed by atoms with Crippen LogP contribution in [0.1, 0.15) is 85.9 Å². The van der Waals surface area contributed by atoms with E-state index in [1.54, 1.807) is 0 Å². The van der Waals surface area contributed by atoms with Crippen LogP contribution in [0.3, 0.4) is 0 Å². The third-order valence-corrected chi connectivity index (χ3v) is 15.2. The molecule has 1 unspecified atom stereocenters. The van der Waals surface area contributed by atoms with Crippen LogP contribution >= 0.6 is 0 Å². The first-order valence-corrected chi connectivity index (χ1v) is 23.1. The molecule has 0 bridgehead atoms. The van der Waals surface area contributed by atoms with Crippen molar-refractivity contribution >= 4 is 11.4 Å². The van der Waals surface area contributed by atoms with E-state index in [-0.39, 0.29) is 16.2 Å². The van der Waals surface area contributed by atoms with Crippen molar-refractivity contribution < 1.29 is 0 Å². The van der Waals surface area contributed by atoms with Crippen LogP contribution in [0.25, 0.3) is 55.6 Å². The summed E-state index contributed by atoms with van der Waals surface area (Å²) in [5.74, 6) is 0.314. The van der Waals surface area contributed by atoms with Crippen LogP contribution in [-0.2, 0) is 10.8 Å². The second kappa shape index (κ2) is 14.0. The summed E-state index contributed by atoms with van der Waals surface area (Å²) in [6.07, 6.45) is 6.09. The first-order chi connectivity index (χ1) is 31.0. The number of rotatable bonds is 5. The predicted molar refractivity (Wildman–Crippen MR) is 270 cm³/mol. The second-order valence-electron chi connectivity index (χ2n) is 20.1. The molecule has 0 saturated heterocycles. The smallest absolute Gasteiger partial charge is 0.0725 e. The lowest BCUT2D eigenvalue weighted by atomic mass is 9.70. The average molecular weight is 824 g/mol. The van der Waals surface area contributed by atoms with Gasteiger partial charge in [0.05, 0.1) is 5.41 Å². The van der Waals surface area contributed by atoms with Crippen molar-refractivity contribution in [2.24, 2.45) is 5.41 Å². The van der Waals surface area contributed by atoms with E-state index in [0.29, 0.717) is 5.92 Å². The molecular weight excluding hydrogens is 771 g/mol. The van der Waals surface area contributed by atoms with Gasteiger partial charge < -0.3 is 5.32 Å². The van der Waals surface area contributed by atoms with E-state index in [9.17, 15) is 0 Å². The Labute approximate surface area is 378 Å². The summed E-state index contributed by atoms with van der Waals surface area (Å²) in [4.78, 5) is 0. The Kier molecular flexibility index (Phi) is 8.48. The summed E-state index contributed by atoms with van der Waals surface area (Å²) in [5, 5.41) is 3.89. The molecule has 0 aliphatic heterocycles. The monoisotopic (exact) mass is 823 g/mol. The molecule has 1 N–H and O–H groups in total. The molecule has 1 spiro atoms. The molecule has 4 aliphatic carbocycles. The molecule has 12 rings (SSSR count). The fourth-order valence-corrected chi connectivity index (χ4v) is 12.1. The second-order valence-corrected chi connectivity index (χ2v) is 20.1. The van der Waals surface area contributed by atoms with E-state index in [4.69, 9.17) is 0 Å². The highest BCUT2D eigenvalue weighted by Crippen LogP contribution is 2.64. The molecule has 0 heterocycles. The molecule has 64 heavy (non-hydrogen) atoms. The highest BCUT2D eigenvalue weighted by Gasteiger charge is 2.52. The van der Waals surface area contributed by atoms with Crippen LogP contribution in [0, 0.1) is 12.3 Å². The highest BCUT2D eigenvalue weighted by molar-refractivity contribution is 5.97. The quantitative estimate of drug-likeness (QED) is 0.182. The van der Waals surface area contributed by atoms with Crippen molar-refractivity contribution in [1.82, 2.24) is 0 Å². The Hall–Kier alpha value is -6.96. The van der Waals surface area contributed by atoms with Gasteiger partial charge in [-0.3, -0.25) is 0 Å². The predicted octanol–water partition coefficient (Wildman–Crippen LogP) is 16.8. The Balaban J connectivity index is 1.06. The van der Waals surface area contributed by atoms with Gasteiger partial charge in [-0.1, -0.05) is 192 Å². The lowest BCUT2D eigenvalue weighted by Crippen LogP contribution is -2.25. The molecule has 1 heteroatoms. The zero-order valence-corrected chi connectivity index (χ0v) is 37.7. The number of hydrogen-bond acceptors (Lipinski definition) is 1. The third-order valence-electron chi connectivity index (χ3n) is 15.2. The molecule has 8 aromatic carbocycles. The molecule has 0 radical (unpaired) electrons. The fourth-order valence-electron chi connectivity index (χ4n) is 12.1. The first kappa shape index (κ1) is 38.7. The average Bonchev–Trinajstić information content (AvgIpc) is 3.86. The minimum Gasteiger partial charge on any atom is -0.355 e. The Morgan fingerprint density at radius 2 is 1.05 bits per heavy atom. The van der Waals surface area contributed by atoms with Crippen LogP contribution < -0.4 is 5.32 Å². The van der Waals surface area contributed by atoms with Gasteiger partial charge in [-0.05, 0) is 150 Å². The van der Waals surface area contributed by atoms with Crippen molar-refractivity contribution in [3.63, 3.8) is 0 Å². The van der Waals surface area contributed by atoms with Crippen molar-refractivity contribution in [2.75, 3.05) is 5.32 Å². The zero-order valence-electron chi connectivity index (χ0n) is 37.7. The Morgan fingerprint density at radius 3 is 1.69 bits per heavy atom. The Bertz CT molecular complexity index is 3230. The summed E-state index contributed by atoms with van der Waals surface area (Å²) >= 11 is 0. The lowest BCUT2D eigenvalue weighted by molar-refractivity contribution is 0.502. The molecule has 0 aromatic heterocycles. The third kappa shape index (κ3) is 5.56. The van der Waals surface area contributed by atoms with E-state index in [2.05, 4.69) is 235 Å². The maximum absolute atomic E-state index is 3.89. The van der Waals surface area contributed by atoms with Gasteiger partial charge >= 0.3 is 0 Å². The maximum atomic E-state index is 3.89. The molecule has 1 atom stereocenters. The fraction of sp³-hybridized carbons (Fsp3) is 0.175.